The Balaban J connectivity index is 2.21. The van der Waals surface area contributed by atoms with Gasteiger partial charge in [0.2, 0.25) is 0 Å². The summed E-state index contributed by atoms with van der Waals surface area (Å²) in [5, 5.41) is 2.68. The second-order valence-corrected chi connectivity index (χ2v) is 4.31. The van der Waals surface area contributed by atoms with Crippen molar-refractivity contribution in [3.8, 4) is 0 Å². The molecule has 0 aliphatic carbocycles. The second-order valence-electron chi connectivity index (χ2n) is 4.31. The largest absolute Gasteiger partial charge is 0.384 e. The third-order valence-corrected chi connectivity index (χ3v) is 3.05. The number of nitrogens with zero attached hydrogens (tertiary/aromatic N) is 1. The van der Waals surface area contributed by atoms with E-state index in [2.05, 4.69) is 15.8 Å². The van der Waals surface area contributed by atoms with Crippen LogP contribution in [0.25, 0.3) is 5.70 Å². The number of hydrogen-bond donors (Lipinski definition) is 2. The molecule has 0 atom stereocenters. The van der Waals surface area contributed by atoms with Crippen LogP contribution in [-0.4, -0.2) is 12.1 Å². The van der Waals surface area contributed by atoms with Crippen LogP contribution < -0.4 is 10.8 Å². The minimum Gasteiger partial charge on any atom is -0.384 e. The number of amides is 1. The molecule has 2 aliphatic heterocycles. The van der Waals surface area contributed by atoms with Gasteiger partial charge < -0.3 is 10.2 Å². The minimum atomic E-state index is -0.410. The topological polar surface area (TPSA) is 62.7 Å². The number of aliphatic imine (C=N–C) groups is 1. The Bertz CT molecular complexity index is 677. The maximum Gasteiger partial charge on any atom is 0.266 e. The van der Waals surface area contributed by atoms with Crippen LogP contribution >= 0.6 is 0 Å². The number of hydroxylamine groups is 1. The zero-order valence-electron chi connectivity index (χ0n) is 10.7. The first kappa shape index (κ1) is 12.4. The van der Waals surface area contributed by atoms with E-state index in [1.54, 1.807) is 18.2 Å². The number of fused-ring (bicyclic) bond motifs is 1. The van der Waals surface area contributed by atoms with E-state index in [0.717, 1.165) is 6.21 Å². The van der Waals surface area contributed by atoms with Crippen LogP contribution in [0.2, 0.25) is 0 Å². The summed E-state index contributed by atoms with van der Waals surface area (Å²) < 4.78 is 13.9. The highest BCUT2D eigenvalue weighted by Crippen LogP contribution is 2.31. The molecule has 3 rings (SSSR count). The van der Waals surface area contributed by atoms with E-state index in [0.29, 0.717) is 34.8 Å². The third kappa shape index (κ3) is 1.95. The Morgan fingerprint density at radius 3 is 2.85 bits per heavy atom. The summed E-state index contributed by atoms with van der Waals surface area (Å²) in [5.74, 6) is -0.192. The van der Waals surface area contributed by atoms with Crippen molar-refractivity contribution in [2.24, 2.45) is 4.99 Å². The van der Waals surface area contributed by atoms with Gasteiger partial charge in [-0.1, -0.05) is 19.1 Å². The van der Waals surface area contributed by atoms with E-state index in [4.69, 9.17) is 4.84 Å². The van der Waals surface area contributed by atoms with Crippen molar-refractivity contribution >= 4 is 17.8 Å². The highest BCUT2D eigenvalue weighted by molar-refractivity contribution is 6.28. The molecule has 5 nitrogen and oxygen atoms in total. The Labute approximate surface area is 114 Å². The van der Waals surface area contributed by atoms with Gasteiger partial charge in [-0.15, -0.1) is 0 Å². The zero-order valence-corrected chi connectivity index (χ0v) is 10.7. The summed E-state index contributed by atoms with van der Waals surface area (Å²) in [5.41, 5.74) is 4.32. The maximum atomic E-state index is 13.9. The summed E-state index contributed by atoms with van der Waals surface area (Å²) in [7, 11) is 0. The molecule has 102 valence electrons. The summed E-state index contributed by atoms with van der Waals surface area (Å²) in [6, 6.07) is 6.26. The first-order valence-electron chi connectivity index (χ1n) is 6.21. The van der Waals surface area contributed by atoms with Crippen molar-refractivity contribution in [3.63, 3.8) is 0 Å². The standard InChI is InChI=1S/C14H12FN3O2/c1-2-10-13-14(18-20-10)12(16-7-11(19)17-13)8-5-3-4-6-9(8)15/h3-7,18H,2H2,1H3,(H,17,19). The van der Waals surface area contributed by atoms with Gasteiger partial charge in [0.15, 0.2) is 5.76 Å². The fourth-order valence-electron chi connectivity index (χ4n) is 2.10. The Kier molecular flexibility index (Phi) is 2.98. The van der Waals surface area contributed by atoms with Crippen LogP contribution in [0.1, 0.15) is 18.9 Å². The Hall–Kier alpha value is -2.63. The molecular formula is C14H12FN3O2. The lowest BCUT2D eigenvalue weighted by Crippen LogP contribution is -2.24. The SMILES string of the molecule is CCC1=C2NC(=O)C=NC(c3ccccc3F)=C2NO1. The minimum absolute atomic E-state index is 0.307. The average Bonchev–Trinajstić information content (AvgIpc) is 2.76. The van der Waals surface area contributed by atoms with Gasteiger partial charge in [0, 0.05) is 12.0 Å². The van der Waals surface area contributed by atoms with Crippen molar-refractivity contribution in [2.75, 3.05) is 0 Å². The summed E-state index contributed by atoms with van der Waals surface area (Å²) in [6.45, 7) is 1.90. The van der Waals surface area contributed by atoms with Crippen molar-refractivity contribution < 1.29 is 14.0 Å². The van der Waals surface area contributed by atoms with E-state index in [1.807, 2.05) is 6.92 Å². The molecule has 0 bridgehead atoms. The molecule has 2 heterocycles. The molecule has 6 heteroatoms. The lowest BCUT2D eigenvalue weighted by molar-refractivity contribution is -0.113. The van der Waals surface area contributed by atoms with Crippen molar-refractivity contribution in [1.82, 2.24) is 10.8 Å². The number of allylic oxidation sites excluding steroid dienone is 1. The van der Waals surface area contributed by atoms with Gasteiger partial charge in [-0.3, -0.25) is 4.79 Å². The van der Waals surface area contributed by atoms with Crippen molar-refractivity contribution in [1.29, 1.82) is 0 Å². The molecule has 2 aliphatic rings. The number of hydrogen-bond acceptors (Lipinski definition) is 4. The highest BCUT2D eigenvalue weighted by Gasteiger charge is 2.28. The normalized spacial score (nSPS) is 17.4. The molecule has 0 fully saturated rings. The smallest absolute Gasteiger partial charge is 0.266 e. The fourth-order valence-corrected chi connectivity index (χ4v) is 2.10. The molecular weight excluding hydrogens is 261 g/mol. The number of halogens is 1. The predicted molar refractivity (Wildman–Crippen MR) is 71.5 cm³/mol. The average molecular weight is 273 g/mol. The van der Waals surface area contributed by atoms with Gasteiger partial charge in [-0.2, -0.15) is 0 Å². The number of benzene rings is 1. The molecule has 1 aromatic rings. The molecule has 20 heavy (non-hydrogen) atoms. The number of rotatable bonds is 2. The van der Waals surface area contributed by atoms with E-state index in [-0.39, 0.29) is 5.91 Å². The molecule has 0 saturated heterocycles. The summed E-state index contributed by atoms with van der Waals surface area (Å²) >= 11 is 0. The molecule has 1 aromatic carbocycles. The first-order valence-corrected chi connectivity index (χ1v) is 6.21. The van der Waals surface area contributed by atoms with Gasteiger partial charge in [0.25, 0.3) is 5.91 Å². The first-order chi connectivity index (χ1) is 9.70. The summed E-state index contributed by atoms with van der Waals surface area (Å²) in [4.78, 5) is 21.0. The van der Waals surface area contributed by atoms with Gasteiger partial charge in [0.1, 0.15) is 22.9 Å². The summed E-state index contributed by atoms with van der Waals surface area (Å²) in [6.07, 6.45) is 1.73. The molecule has 2 N–H and O–H groups in total. The second kappa shape index (κ2) is 4.80. The van der Waals surface area contributed by atoms with E-state index < -0.39 is 5.82 Å². The fraction of sp³-hybridized carbons (Fsp3) is 0.143. The Morgan fingerprint density at radius 2 is 2.10 bits per heavy atom. The van der Waals surface area contributed by atoms with E-state index in [1.165, 1.54) is 6.07 Å². The zero-order chi connectivity index (χ0) is 14.1. The van der Waals surface area contributed by atoms with Gasteiger partial charge >= 0.3 is 0 Å². The Morgan fingerprint density at radius 1 is 1.30 bits per heavy atom. The van der Waals surface area contributed by atoms with Crippen LogP contribution in [-0.2, 0) is 9.63 Å². The third-order valence-electron chi connectivity index (χ3n) is 3.05. The van der Waals surface area contributed by atoms with E-state index in [9.17, 15) is 9.18 Å². The predicted octanol–water partition coefficient (Wildman–Crippen LogP) is 1.85. The van der Waals surface area contributed by atoms with Crippen LogP contribution in [0, 0.1) is 5.82 Å². The van der Waals surface area contributed by atoms with Crippen LogP contribution in [0.4, 0.5) is 4.39 Å². The maximum absolute atomic E-state index is 13.9. The molecule has 0 aromatic heterocycles. The van der Waals surface area contributed by atoms with Gasteiger partial charge in [-0.25, -0.2) is 14.9 Å². The van der Waals surface area contributed by atoms with Crippen LogP contribution in [0.15, 0.2) is 46.4 Å². The lowest BCUT2D eigenvalue weighted by Gasteiger charge is -2.07. The lowest BCUT2D eigenvalue weighted by atomic mass is 10.1. The van der Waals surface area contributed by atoms with Crippen LogP contribution in [0.5, 0.6) is 0 Å². The van der Waals surface area contributed by atoms with Crippen molar-refractivity contribution in [3.05, 3.63) is 52.8 Å². The number of nitrogens with one attached hydrogen (secondary N) is 2. The van der Waals surface area contributed by atoms with Crippen LogP contribution in [0.3, 0.4) is 0 Å². The monoisotopic (exact) mass is 273 g/mol. The molecule has 0 spiro atoms. The molecule has 0 saturated carbocycles. The highest BCUT2D eigenvalue weighted by atomic mass is 19.1. The number of carbonyl (C=O) groups excluding carboxylic acids is 1. The molecule has 1 amide bonds. The van der Waals surface area contributed by atoms with Crippen molar-refractivity contribution in [2.45, 2.75) is 13.3 Å². The number of carbonyl (C=O) groups is 1. The van der Waals surface area contributed by atoms with E-state index >= 15 is 0 Å². The molecule has 0 unspecified atom stereocenters. The quantitative estimate of drug-likeness (QED) is 0.864. The van der Waals surface area contributed by atoms with Gasteiger partial charge in [-0.05, 0) is 12.1 Å². The molecule has 0 radical (unpaired) electrons. The van der Waals surface area contributed by atoms with Gasteiger partial charge in [0.05, 0.1) is 6.21 Å².